The Hall–Kier alpha value is -0.860. The molecule has 1 aromatic rings. The molecule has 1 aliphatic carbocycles. The molecule has 2 rings (SSSR count). The van der Waals surface area contributed by atoms with E-state index in [-0.39, 0.29) is 0 Å². The van der Waals surface area contributed by atoms with Crippen LogP contribution in [-0.4, -0.2) is 30.1 Å². The maximum atomic E-state index is 6.04. The number of nitrogens with two attached hydrogens (primary N) is 1. The second kappa shape index (κ2) is 9.22. The second-order valence-corrected chi connectivity index (χ2v) is 6.55. The molecule has 0 aliphatic heterocycles. The van der Waals surface area contributed by atoms with Gasteiger partial charge in [0.25, 0.3) is 0 Å². The minimum absolute atomic E-state index is 0.461. The molecule has 0 aromatic heterocycles. The van der Waals surface area contributed by atoms with Gasteiger partial charge in [0.2, 0.25) is 0 Å². The standard InChI is InChI=1S/C19H32N2/c1-2-15-21(19-13-11-18(20)12-14-19)16-7-6-10-17-8-4-3-5-9-17/h3-5,8-9,18-19H,2,6-7,10-16,20H2,1H3. The van der Waals surface area contributed by atoms with Crippen molar-refractivity contribution in [1.82, 2.24) is 4.90 Å². The molecule has 2 heteroatoms. The Kier molecular flexibility index (Phi) is 7.25. The quantitative estimate of drug-likeness (QED) is 0.733. The third kappa shape index (κ3) is 5.80. The Labute approximate surface area is 130 Å². The van der Waals surface area contributed by atoms with Gasteiger partial charge >= 0.3 is 0 Å². The van der Waals surface area contributed by atoms with Gasteiger partial charge in [-0.2, -0.15) is 0 Å². The van der Waals surface area contributed by atoms with Crippen LogP contribution in [-0.2, 0) is 6.42 Å². The Morgan fingerprint density at radius 2 is 1.71 bits per heavy atom. The smallest absolute Gasteiger partial charge is 0.00964 e. The number of unbranched alkanes of at least 4 members (excludes halogenated alkanes) is 1. The zero-order valence-electron chi connectivity index (χ0n) is 13.6. The van der Waals surface area contributed by atoms with Crippen molar-refractivity contribution in [2.75, 3.05) is 13.1 Å². The van der Waals surface area contributed by atoms with Gasteiger partial charge in [0.1, 0.15) is 0 Å². The molecule has 0 heterocycles. The first-order chi connectivity index (χ1) is 10.3. The molecule has 21 heavy (non-hydrogen) atoms. The molecule has 1 fully saturated rings. The molecule has 2 nitrogen and oxygen atoms in total. The molecule has 0 unspecified atom stereocenters. The fourth-order valence-corrected chi connectivity index (χ4v) is 3.52. The van der Waals surface area contributed by atoms with Crippen molar-refractivity contribution in [3.05, 3.63) is 35.9 Å². The third-order valence-corrected chi connectivity index (χ3v) is 4.77. The van der Waals surface area contributed by atoms with Crippen LogP contribution in [0.3, 0.4) is 0 Å². The van der Waals surface area contributed by atoms with Crippen LogP contribution in [0.15, 0.2) is 30.3 Å². The van der Waals surface area contributed by atoms with Gasteiger partial charge < -0.3 is 10.6 Å². The Morgan fingerprint density at radius 1 is 1.00 bits per heavy atom. The predicted molar refractivity (Wildman–Crippen MR) is 91.5 cm³/mol. The predicted octanol–water partition coefficient (Wildman–Crippen LogP) is 3.99. The van der Waals surface area contributed by atoms with Gasteiger partial charge in [-0.1, -0.05) is 37.3 Å². The summed E-state index contributed by atoms with van der Waals surface area (Å²) < 4.78 is 0. The van der Waals surface area contributed by atoms with E-state index in [0.717, 1.165) is 6.04 Å². The van der Waals surface area contributed by atoms with Gasteiger partial charge in [-0.15, -0.1) is 0 Å². The van der Waals surface area contributed by atoms with Crippen molar-refractivity contribution in [2.45, 2.75) is 70.4 Å². The van der Waals surface area contributed by atoms with E-state index in [2.05, 4.69) is 42.2 Å². The summed E-state index contributed by atoms with van der Waals surface area (Å²) in [5.74, 6) is 0. The van der Waals surface area contributed by atoms with Crippen molar-refractivity contribution in [3.8, 4) is 0 Å². The molecule has 1 aliphatic rings. The normalized spacial score (nSPS) is 22.6. The van der Waals surface area contributed by atoms with Crippen molar-refractivity contribution in [1.29, 1.82) is 0 Å². The lowest BCUT2D eigenvalue weighted by atomic mass is 9.90. The number of hydrogen-bond acceptors (Lipinski definition) is 2. The van der Waals surface area contributed by atoms with E-state index in [1.54, 1.807) is 0 Å². The molecule has 0 atom stereocenters. The number of benzene rings is 1. The second-order valence-electron chi connectivity index (χ2n) is 6.55. The minimum atomic E-state index is 0.461. The lowest BCUT2D eigenvalue weighted by molar-refractivity contribution is 0.147. The average molecular weight is 288 g/mol. The summed E-state index contributed by atoms with van der Waals surface area (Å²) in [6.07, 6.45) is 10.1. The molecule has 1 aromatic carbocycles. The summed E-state index contributed by atoms with van der Waals surface area (Å²) in [7, 11) is 0. The van der Waals surface area contributed by atoms with E-state index < -0.39 is 0 Å². The Bertz CT molecular complexity index is 368. The number of aryl methyl sites for hydroxylation is 1. The topological polar surface area (TPSA) is 29.3 Å². The number of nitrogens with zero attached hydrogens (tertiary/aromatic N) is 1. The summed E-state index contributed by atoms with van der Waals surface area (Å²) >= 11 is 0. The Morgan fingerprint density at radius 3 is 2.38 bits per heavy atom. The van der Waals surface area contributed by atoms with Crippen LogP contribution in [0.2, 0.25) is 0 Å². The summed E-state index contributed by atoms with van der Waals surface area (Å²) in [5, 5.41) is 0. The van der Waals surface area contributed by atoms with E-state index in [1.807, 2.05) is 0 Å². The minimum Gasteiger partial charge on any atom is -0.328 e. The van der Waals surface area contributed by atoms with Crippen molar-refractivity contribution in [3.63, 3.8) is 0 Å². The van der Waals surface area contributed by atoms with Crippen molar-refractivity contribution in [2.24, 2.45) is 5.73 Å². The highest BCUT2D eigenvalue weighted by Gasteiger charge is 2.23. The van der Waals surface area contributed by atoms with E-state index >= 15 is 0 Å². The average Bonchev–Trinajstić information content (AvgIpc) is 2.52. The molecule has 0 amide bonds. The first-order valence-electron chi connectivity index (χ1n) is 8.83. The first kappa shape index (κ1) is 16.5. The highest BCUT2D eigenvalue weighted by molar-refractivity contribution is 5.14. The SMILES string of the molecule is CCCN(CCCCc1ccccc1)C1CCC(N)CC1. The summed E-state index contributed by atoms with van der Waals surface area (Å²) in [5.41, 5.74) is 7.51. The van der Waals surface area contributed by atoms with Crippen LogP contribution in [0.5, 0.6) is 0 Å². The molecule has 1 saturated carbocycles. The summed E-state index contributed by atoms with van der Waals surface area (Å²) in [4.78, 5) is 2.73. The molecule has 2 N–H and O–H groups in total. The maximum absolute atomic E-state index is 6.04. The van der Waals surface area contributed by atoms with Crippen LogP contribution in [0.25, 0.3) is 0 Å². The largest absolute Gasteiger partial charge is 0.328 e. The number of rotatable bonds is 8. The summed E-state index contributed by atoms with van der Waals surface area (Å²) in [6, 6.07) is 12.1. The van der Waals surface area contributed by atoms with E-state index in [1.165, 1.54) is 70.0 Å². The van der Waals surface area contributed by atoms with E-state index in [0.29, 0.717) is 6.04 Å². The summed E-state index contributed by atoms with van der Waals surface area (Å²) in [6.45, 7) is 4.82. The maximum Gasteiger partial charge on any atom is 0.00964 e. The monoisotopic (exact) mass is 288 g/mol. The van der Waals surface area contributed by atoms with Crippen LogP contribution < -0.4 is 5.73 Å². The molecular formula is C19H32N2. The van der Waals surface area contributed by atoms with Gasteiger partial charge in [-0.3, -0.25) is 0 Å². The van der Waals surface area contributed by atoms with Gasteiger partial charge in [0.05, 0.1) is 0 Å². The van der Waals surface area contributed by atoms with Crippen LogP contribution in [0, 0.1) is 0 Å². The molecule has 0 saturated heterocycles. The van der Waals surface area contributed by atoms with E-state index in [9.17, 15) is 0 Å². The van der Waals surface area contributed by atoms with Crippen LogP contribution in [0.4, 0.5) is 0 Å². The lowest BCUT2D eigenvalue weighted by Gasteiger charge is -2.36. The van der Waals surface area contributed by atoms with Gasteiger partial charge in [0.15, 0.2) is 0 Å². The van der Waals surface area contributed by atoms with E-state index in [4.69, 9.17) is 5.73 Å². The van der Waals surface area contributed by atoms with Gasteiger partial charge in [-0.05, 0) is 70.0 Å². The highest BCUT2D eigenvalue weighted by Crippen LogP contribution is 2.22. The lowest BCUT2D eigenvalue weighted by Crippen LogP contribution is -2.41. The molecule has 0 radical (unpaired) electrons. The molecule has 0 bridgehead atoms. The zero-order valence-corrected chi connectivity index (χ0v) is 13.6. The fraction of sp³-hybridized carbons (Fsp3) is 0.684. The zero-order chi connectivity index (χ0) is 14.9. The Balaban J connectivity index is 1.70. The van der Waals surface area contributed by atoms with Gasteiger partial charge in [-0.25, -0.2) is 0 Å². The highest BCUT2D eigenvalue weighted by atomic mass is 15.1. The first-order valence-corrected chi connectivity index (χ1v) is 8.83. The van der Waals surface area contributed by atoms with Crippen molar-refractivity contribution < 1.29 is 0 Å². The third-order valence-electron chi connectivity index (χ3n) is 4.77. The number of hydrogen-bond donors (Lipinski definition) is 1. The fourth-order valence-electron chi connectivity index (χ4n) is 3.52. The molecule has 118 valence electrons. The van der Waals surface area contributed by atoms with Crippen LogP contribution >= 0.6 is 0 Å². The molecular weight excluding hydrogens is 256 g/mol. The van der Waals surface area contributed by atoms with Gasteiger partial charge in [0, 0.05) is 12.1 Å². The molecule has 0 spiro atoms. The van der Waals surface area contributed by atoms with Crippen LogP contribution in [0.1, 0.15) is 57.4 Å². The van der Waals surface area contributed by atoms with Crippen molar-refractivity contribution >= 4 is 0 Å².